The van der Waals surface area contributed by atoms with Gasteiger partial charge in [0.15, 0.2) is 6.10 Å². The highest BCUT2D eigenvalue weighted by molar-refractivity contribution is 5.94. The first kappa shape index (κ1) is 16.1. The lowest BCUT2D eigenvalue weighted by Gasteiger charge is -2.30. The van der Waals surface area contributed by atoms with Crippen molar-refractivity contribution in [1.29, 1.82) is 0 Å². The standard InChI is InChI=1S/C16H18N4O4/c1-10-17-11(2)20(18-10)13-5-3-12(4-6-13)15(21)19-7-8-24-14(9-19)16(22)23/h3-6,14H,7-9H2,1-2H3,(H,22,23). The van der Waals surface area contributed by atoms with Gasteiger partial charge in [0.2, 0.25) is 0 Å². The number of morpholine rings is 1. The van der Waals surface area contributed by atoms with Crippen LogP contribution in [0.15, 0.2) is 24.3 Å². The Morgan fingerprint density at radius 1 is 1.25 bits per heavy atom. The van der Waals surface area contributed by atoms with Gasteiger partial charge in [-0.2, -0.15) is 5.10 Å². The lowest BCUT2D eigenvalue weighted by atomic mass is 10.1. The molecule has 0 radical (unpaired) electrons. The van der Waals surface area contributed by atoms with Crippen LogP contribution in [0.3, 0.4) is 0 Å². The van der Waals surface area contributed by atoms with E-state index < -0.39 is 12.1 Å². The van der Waals surface area contributed by atoms with E-state index in [0.717, 1.165) is 11.5 Å². The van der Waals surface area contributed by atoms with E-state index in [0.29, 0.717) is 17.9 Å². The normalized spacial score (nSPS) is 17.8. The van der Waals surface area contributed by atoms with Gasteiger partial charge in [-0.1, -0.05) is 0 Å². The first-order valence-corrected chi connectivity index (χ1v) is 7.60. The Morgan fingerprint density at radius 2 is 1.96 bits per heavy atom. The molecule has 1 aromatic heterocycles. The fourth-order valence-electron chi connectivity index (χ4n) is 2.68. The Balaban J connectivity index is 1.76. The quantitative estimate of drug-likeness (QED) is 0.894. The predicted molar refractivity (Wildman–Crippen MR) is 84.1 cm³/mol. The van der Waals surface area contributed by atoms with E-state index in [9.17, 15) is 9.59 Å². The van der Waals surface area contributed by atoms with Crippen LogP contribution >= 0.6 is 0 Å². The maximum Gasteiger partial charge on any atom is 0.334 e. The van der Waals surface area contributed by atoms with E-state index in [2.05, 4.69) is 10.1 Å². The first-order chi connectivity index (χ1) is 11.5. The summed E-state index contributed by atoms with van der Waals surface area (Å²) < 4.78 is 6.84. The second-order valence-corrected chi connectivity index (χ2v) is 5.61. The summed E-state index contributed by atoms with van der Waals surface area (Å²) in [5.41, 5.74) is 1.31. The fraction of sp³-hybridized carbons (Fsp3) is 0.375. The van der Waals surface area contributed by atoms with E-state index in [-0.39, 0.29) is 19.1 Å². The summed E-state index contributed by atoms with van der Waals surface area (Å²) in [5, 5.41) is 13.3. The molecule has 1 unspecified atom stereocenters. The minimum Gasteiger partial charge on any atom is -0.479 e. The number of aromatic nitrogens is 3. The number of benzene rings is 1. The number of rotatable bonds is 3. The van der Waals surface area contributed by atoms with Crippen molar-refractivity contribution in [2.24, 2.45) is 0 Å². The third kappa shape index (κ3) is 3.13. The van der Waals surface area contributed by atoms with Crippen molar-refractivity contribution in [3.8, 4) is 5.69 Å². The number of carboxylic acid groups (broad SMARTS) is 1. The van der Waals surface area contributed by atoms with Gasteiger partial charge in [-0.05, 0) is 38.1 Å². The average Bonchev–Trinajstić information content (AvgIpc) is 2.93. The van der Waals surface area contributed by atoms with Gasteiger partial charge in [-0.15, -0.1) is 0 Å². The third-order valence-corrected chi connectivity index (χ3v) is 3.86. The zero-order valence-corrected chi connectivity index (χ0v) is 13.5. The summed E-state index contributed by atoms with van der Waals surface area (Å²) in [6.07, 6.45) is -0.970. The Hall–Kier alpha value is -2.74. The molecule has 0 saturated carbocycles. The fourth-order valence-corrected chi connectivity index (χ4v) is 2.68. The van der Waals surface area contributed by atoms with Gasteiger partial charge in [-0.3, -0.25) is 4.79 Å². The number of carbonyl (C=O) groups excluding carboxylic acids is 1. The molecule has 1 saturated heterocycles. The molecule has 126 valence electrons. The molecular weight excluding hydrogens is 312 g/mol. The molecule has 0 aliphatic carbocycles. The Kier molecular flexibility index (Phi) is 4.30. The summed E-state index contributed by atoms with van der Waals surface area (Å²) in [5.74, 6) is 0.187. The van der Waals surface area contributed by atoms with Crippen molar-refractivity contribution >= 4 is 11.9 Å². The SMILES string of the molecule is Cc1nc(C)n(-c2ccc(C(=O)N3CCOC(C(=O)O)C3)cc2)n1. The molecule has 1 N–H and O–H groups in total. The largest absolute Gasteiger partial charge is 0.479 e. The smallest absolute Gasteiger partial charge is 0.334 e. The molecule has 0 bridgehead atoms. The lowest BCUT2D eigenvalue weighted by Crippen LogP contribution is -2.48. The van der Waals surface area contributed by atoms with Crippen LogP contribution in [0.1, 0.15) is 22.0 Å². The van der Waals surface area contributed by atoms with E-state index in [1.807, 2.05) is 13.8 Å². The number of aliphatic carboxylic acids is 1. The van der Waals surface area contributed by atoms with Crippen LogP contribution in [0, 0.1) is 13.8 Å². The number of nitrogens with zero attached hydrogens (tertiary/aromatic N) is 4. The molecular formula is C16H18N4O4. The minimum atomic E-state index is -1.06. The van der Waals surface area contributed by atoms with Crippen LogP contribution in [0.25, 0.3) is 5.69 Å². The van der Waals surface area contributed by atoms with Gasteiger partial charge in [0.05, 0.1) is 18.8 Å². The van der Waals surface area contributed by atoms with Crippen LogP contribution < -0.4 is 0 Å². The molecule has 1 aliphatic rings. The lowest BCUT2D eigenvalue weighted by molar-refractivity contribution is -0.154. The van der Waals surface area contributed by atoms with E-state index in [1.165, 1.54) is 4.90 Å². The number of carbonyl (C=O) groups is 2. The number of carboxylic acids is 1. The van der Waals surface area contributed by atoms with Crippen molar-refractivity contribution in [3.05, 3.63) is 41.5 Å². The van der Waals surface area contributed by atoms with Crippen molar-refractivity contribution in [2.75, 3.05) is 19.7 Å². The highest BCUT2D eigenvalue weighted by Gasteiger charge is 2.29. The zero-order valence-electron chi connectivity index (χ0n) is 13.5. The minimum absolute atomic E-state index is 0.0529. The maximum atomic E-state index is 12.5. The van der Waals surface area contributed by atoms with Gasteiger partial charge in [0.1, 0.15) is 11.6 Å². The molecule has 8 heteroatoms. The summed E-state index contributed by atoms with van der Waals surface area (Å²) in [7, 11) is 0. The molecule has 8 nitrogen and oxygen atoms in total. The molecule has 3 rings (SSSR count). The number of aryl methyl sites for hydroxylation is 2. The number of hydrogen-bond donors (Lipinski definition) is 1. The summed E-state index contributed by atoms with van der Waals surface area (Å²) in [6.45, 7) is 4.33. The topological polar surface area (TPSA) is 97.6 Å². The van der Waals surface area contributed by atoms with Gasteiger partial charge < -0.3 is 14.7 Å². The van der Waals surface area contributed by atoms with Crippen LogP contribution in [-0.4, -0.2) is 62.4 Å². The molecule has 1 aliphatic heterocycles. The van der Waals surface area contributed by atoms with Gasteiger partial charge in [0, 0.05) is 12.1 Å². The molecule has 2 aromatic rings. The van der Waals surface area contributed by atoms with Crippen molar-refractivity contribution in [2.45, 2.75) is 20.0 Å². The Bertz CT molecular complexity index is 769. The number of ether oxygens (including phenoxy) is 1. The molecule has 0 spiro atoms. The van der Waals surface area contributed by atoms with E-state index in [4.69, 9.17) is 9.84 Å². The third-order valence-electron chi connectivity index (χ3n) is 3.86. The molecule has 2 heterocycles. The maximum absolute atomic E-state index is 12.5. The van der Waals surface area contributed by atoms with Crippen LogP contribution in [0.4, 0.5) is 0 Å². The van der Waals surface area contributed by atoms with Gasteiger partial charge in [0.25, 0.3) is 5.91 Å². The van der Waals surface area contributed by atoms with Crippen molar-refractivity contribution in [3.63, 3.8) is 0 Å². The molecule has 1 aromatic carbocycles. The Morgan fingerprint density at radius 3 is 2.54 bits per heavy atom. The monoisotopic (exact) mass is 330 g/mol. The summed E-state index contributed by atoms with van der Waals surface area (Å²) in [6, 6.07) is 7.01. The van der Waals surface area contributed by atoms with E-state index in [1.54, 1.807) is 28.9 Å². The average molecular weight is 330 g/mol. The zero-order chi connectivity index (χ0) is 17.3. The predicted octanol–water partition coefficient (Wildman–Crippen LogP) is 0.810. The van der Waals surface area contributed by atoms with Crippen LogP contribution in [-0.2, 0) is 9.53 Å². The highest BCUT2D eigenvalue weighted by atomic mass is 16.5. The second-order valence-electron chi connectivity index (χ2n) is 5.61. The molecule has 1 atom stereocenters. The second kappa shape index (κ2) is 6.40. The van der Waals surface area contributed by atoms with Crippen molar-refractivity contribution < 1.29 is 19.4 Å². The highest BCUT2D eigenvalue weighted by Crippen LogP contribution is 2.15. The molecule has 24 heavy (non-hydrogen) atoms. The van der Waals surface area contributed by atoms with Crippen LogP contribution in [0.5, 0.6) is 0 Å². The molecule has 1 fully saturated rings. The summed E-state index contributed by atoms with van der Waals surface area (Å²) in [4.78, 5) is 29.3. The Labute approximate surface area is 138 Å². The number of amides is 1. The van der Waals surface area contributed by atoms with E-state index >= 15 is 0 Å². The first-order valence-electron chi connectivity index (χ1n) is 7.60. The van der Waals surface area contributed by atoms with Gasteiger partial charge in [-0.25, -0.2) is 14.5 Å². The summed E-state index contributed by atoms with van der Waals surface area (Å²) >= 11 is 0. The number of hydrogen-bond acceptors (Lipinski definition) is 5. The van der Waals surface area contributed by atoms with Gasteiger partial charge >= 0.3 is 5.97 Å². The van der Waals surface area contributed by atoms with Crippen LogP contribution in [0.2, 0.25) is 0 Å². The van der Waals surface area contributed by atoms with Crippen molar-refractivity contribution in [1.82, 2.24) is 19.7 Å². The molecule has 1 amide bonds.